The molecule has 0 bridgehead atoms. The second-order valence-electron chi connectivity index (χ2n) is 7.50. The van der Waals surface area contributed by atoms with Crippen molar-refractivity contribution in [2.45, 2.75) is 13.1 Å². The summed E-state index contributed by atoms with van der Waals surface area (Å²) < 4.78 is 43.7. The van der Waals surface area contributed by atoms with Gasteiger partial charge in [0.15, 0.2) is 11.5 Å². The molecule has 0 spiro atoms. The maximum Gasteiger partial charge on any atom is 0.434 e. The van der Waals surface area contributed by atoms with Gasteiger partial charge < -0.3 is 5.73 Å². The van der Waals surface area contributed by atoms with Crippen molar-refractivity contribution in [2.24, 2.45) is 5.73 Å². The first kappa shape index (κ1) is 22.5. The molecule has 13 heteroatoms. The van der Waals surface area contributed by atoms with Crippen molar-refractivity contribution in [2.75, 3.05) is 0 Å². The number of hydrogen-bond donors (Lipinski definition) is 1. The van der Waals surface area contributed by atoms with E-state index in [-0.39, 0.29) is 27.8 Å². The number of pyridine rings is 2. The third kappa shape index (κ3) is 3.77. The Morgan fingerprint density at radius 1 is 1.09 bits per heavy atom. The van der Waals surface area contributed by atoms with E-state index in [1.807, 2.05) is 0 Å². The largest absolute Gasteiger partial charge is 0.434 e. The van der Waals surface area contributed by atoms with E-state index in [0.29, 0.717) is 15.6 Å². The van der Waals surface area contributed by atoms with Gasteiger partial charge in [0.2, 0.25) is 0 Å². The average Bonchev–Trinajstić information content (AvgIpc) is 3.48. The van der Waals surface area contributed by atoms with Crippen molar-refractivity contribution >= 4 is 28.4 Å². The van der Waals surface area contributed by atoms with Crippen molar-refractivity contribution in [3.63, 3.8) is 0 Å². The molecule has 4 heterocycles. The molecule has 0 unspecified atom stereocenters. The van der Waals surface area contributed by atoms with Crippen molar-refractivity contribution in [3.05, 3.63) is 77.0 Å². The third-order valence-electron chi connectivity index (χ3n) is 5.28. The summed E-state index contributed by atoms with van der Waals surface area (Å²) in [6, 6.07) is 7.65. The maximum absolute atomic E-state index is 14.3. The van der Waals surface area contributed by atoms with Gasteiger partial charge in [-0.15, -0.1) is 4.80 Å². The van der Waals surface area contributed by atoms with Gasteiger partial charge in [-0.25, -0.2) is 9.67 Å². The maximum atomic E-state index is 14.3. The molecular weight excluding hydrogens is 485 g/mol. The zero-order valence-corrected chi connectivity index (χ0v) is 18.6. The van der Waals surface area contributed by atoms with Crippen LogP contribution >= 0.6 is 11.6 Å². The van der Waals surface area contributed by atoms with Gasteiger partial charge >= 0.3 is 6.18 Å². The standard InChI is InChI=1S/C22H14ClF3N8O/c1-11-4-5-15(13-3-2-6-28-17(11)13)33-19(22(24,25)26)16(20(27)35)18(32-33)12-9-14(23)21(29-10-12)34-30-7-8-31-34/h2-10H,1H3,(H2,27,35). The number of primary amides is 1. The van der Waals surface area contributed by atoms with Gasteiger partial charge in [0.25, 0.3) is 5.91 Å². The topological polar surface area (TPSA) is 117 Å². The third-order valence-corrected chi connectivity index (χ3v) is 5.56. The number of hydrogen-bond acceptors (Lipinski definition) is 6. The molecule has 176 valence electrons. The summed E-state index contributed by atoms with van der Waals surface area (Å²) in [4.78, 5) is 21.9. The van der Waals surface area contributed by atoms with E-state index >= 15 is 0 Å². The number of fused-ring (bicyclic) bond motifs is 1. The molecule has 5 rings (SSSR count). The number of aryl methyl sites for hydroxylation is 1. The number of amides is 1. The minimum absolute atomic E-state index is 0.0298. The number of carbonyl (C=O) groups is 1. The number of rotatable bonds is 4. The molecule has 0 fully saturated rings. The van der Waals surface area contributed by atoms with Crippen LogP contribution in [0.1, 0.15) is 21.6 Å². The van der Waals surface area contributed by atoms with Crippen molar-refractivity contribution in [3.8, 4) is 22.8 Å². The van der Waals surface area contributed by atoms with Crippen molar-refractivity contribution < 1.29 is 18.0 Å². The van der Waals surface area contributed by atoms with Crippen LogP contribution in [0.25, 0.3) is 33.7 Å². The number of nitrogens with zero attached hydrogens (tertiary/aromatic N) is 7. The molecule has 2 N–H and O–H groups in total. The number of nitrogens with two attached hydrogens (primary N) is 1. The van der Waals surface area contributed by atoms with Gasteiger partial charge in [-0.3, -0.25) is 9.78 Å². The highest BCUT2D eigenvalue weighted by atomic mass is 35.5. The van der Waals surface area contributed by atoms with Gasteiger partial charge in [0.1, 0.15) is 5.69 Å². The van der Waals surface area contributed by atoms with Crippen molar-refractivity contribution in [1.29, 1.82) is 0 Å². The molecule has 9 nitrogen and oxygen atoms in total. The number of alkyl halides is 3. The van der Waals surface area contributed by atoms with E-state index < -0.39 is 23.3 Å². The van der Waals surface area contributed by atoms with Crippen LogP contribution in [-0.2, 0) is 6.18 Å². The molecule has 0 saturated heterocycles. The zero-order valence-electron chi connectivity index (χ0n) is 17.8. The minimum Gasteiger partial charge on any atom is -0.365 e. The van der Waals surface area contributed by atoms with Crippen LogP contribution in [0.2, 0.25) is 5.02 Å². The van der Waals surface area contributed by atoms with Crippen LogP contribution in [0, 0.1) is 6.92 Å². The quantitative estimate of drug-likeness (QED) is 0.398. The number of halogens is 4. The highest BCUT2D eigenvalue weighted by Gasteiger charge is 2.43. The summed E-state index contributed by atoms with van der Waals surface area (Å²) >= 11 is 6.31. The van der Waals surface area contributed by atoms with E-state index in [2.05, 4.69) is 25.3 Å². The summed E-state index contributed by atoms with van der Waals surface area (Å²) in [7, 11) is 0. The Hall–Kier alpha value is -4.32. The van der Waals surface area contributed by atoms with E-state index in [1.165, 1.54) is 36.9 Å². The predicted molar refractivity (Wildman–Crippen MR) is 120 cm³/mol. The van der Waals surface area contributed by atoms with E-state index in [1.54, 1.807) is 25.1 Å². The van der Waals surface area contributed by atoms with E-state index in [4.69, 9.17) is 17.3 Å². The summed E-state index contributed by atoms with van der Waals surface area (Å²) in [6.45, 7) is 1.79. The second-order valence-corrected chi connectivity index (χ2v) is 7.90. The summed E-state index contributed by atoms with van der Waals surface area (Å²) in [6.07, 6.45) is 0.616. The Morgan fingerprint density at radius 2 is 1.83 bits per heavy atom. The minimum atomic E-state index is -4.97. The lowest BCUT2D eigenvalue weighted by atomic mass is 10.1. The molecule has 0 aliphatic heterocycles. The molecule has 4 aromatic heterocycles. The van der Waals surface area contributed by atoms with Crippen LogP contribution in [-0.4, -0.2) is 40.6 Å². The first-order chi connectivity index (χ1) is 16.7. The average molecular weight is 499 g/mol. The predicted octanol–water partition coefficient (Wildman–Crippen LogP) is 4.14. The lowest BCUT2D eigenvalue weighted by Crippen LogP contribution is -2.21. The molecule has 1 amide bonds. The molecule has 5 aromatic rings. The molecule has 1 aromatic carbocycles. The Morgan fingerprint density at radius 3 is 2.49 bits per heavy atom. The Labute approximate surface area is 200 Å². The van der Waals surface area contributed by atoms with E-state index in [9.17, 15) is 18.0 Å². The summed E-state index contributed by atoms with van der Waals surface area (Å²) in [5.41, 5.74) is 4.39. The van der Waals surface area contributed by atoms with Gasteiger partial charge in [-0.2, -0.15) is 28.5 Å². The molecule has 0 aliphatic carbocycles. The summed E-state index contributed by atoms with van der Waals surface area (Å²) in [5.74, 6) is -1.16. The fourth-order valence-electron chi connectivity index (χ4n) is 3.81. The molecule has 35 heavy (non-hydrogen) atoms. The van der Waals surface area contributed by atoms with Gasteiger partial charge in [-0.05, 0) is 36.8 Å². The lowest BCUT2D eigenvalue weighted by molar-refractivity contribution is -0.143. The molecular formula is C22H14ClF3N8O. The fraction of sp³-hybridized carbons (Fsp3) is 0.0909. The second kappa shape index (κ2) is 8.17. The van der Waals surface area contributed by atoms with Crippen LogP contribution in [0.4, 0.5) is 13.2 Å². The number of carbonyl (C=O) groups excluding carboxylic acids is 1. The van der Waals surface area contributed by atoms with E-state index in [0.717, 1.165) is 10.4 Å². The van der Waals surface area contributed by atoms with Crippen LogP contribution < -0.4 is 5.73 Å². The lowest BCUT2D eigenvalue weighted by Gasteiger charge is -2.14. The van der Waals surface area contributed by atoms with Crippen LogP contribution in [0.5, 0.6) is 0 Å². The smallest absolute Gasteiger partial charge is 0.365 e. The Balaban J connectivity index is 1.80. The fourth-order valence-corrected chi connectivity index (χ4v) is 4.05. The zero-order chi connectivity index (χ0) is 24.9. The van der Waals surface area contributed by atoms with Gasteiger partial charge in [0, 0.05) is 23.3 Å². The monoisotopic (exact) mass is 498 g/mol. The van der Waals surface area contributed by atoms with Crippen LogP contribution in [0.3, 0.4) is 0 Å². The number of aromatic nitrogens is 7. The Kier molecular flexibility index (Phi) is 5.24. The highest BCUT2D eigenvalue weighted by Crippen LogP contribution is 2.40. The first-order valence-electron chi connectivity index (χ1n) is 10.0. The van der Waals surface area contributed by atoms with Crippen molar-refractivity contribution in [1.82, 2.24) is 34.7 Å². The summed E-state index contributed by atoms with van der Waals surface area (Å²) in [5, 5.41) is 12.5. The molecule has 0 saturated carbocycles. The van der Waals surface area contributed by atoms with Crippen LogP contribution in [0.15, 0.2) is 55.1 Å². The number of benzene rings is 1. The molecule has 0 radical (unpaired) electrons. The van der Waals surface area contributed by atoms with Gasteiger partial charge in [-0.1, -0.05) is 17.7 Å². The highest BCUT2D eigenvalue weighted by molar-refractivity contribution is 6.32. The normalized spacial score (nSPS) is 11.8. The first-order valence-corrected chi connectivity index (χ1v) is 10.4. The molecule has 0 aliphatic rings. The Bertz CT molecular complexity index is 1590. The molecule has 0 atom stereocenters. The van der Waals surface area contributed by atoms with Gasteiger partial charge in [0.05, 0.1) is 34.2 Å². The SMILES string of the molecule is Cc1ccc(-n2nc(-c3cnc(-n4nccn4)c(Cl)c3)c(C(N)=O)c2C(F)(F)F)c2cccnc12.